The van der Waals surface area contributed by atoms with Crippen LogP contribution in [0.3, 0.4) is 0 Å². The average molecular weight is 1750 g/mol. The van der Waals surface area contributed by atoms with Gasteiger partial charge in [-0.05, 0) is 129 Å². The first kappa shape index (κ1) is 85.3. The Kier molecular flexibility index (Phi) is 30.2. The number of hydrogen-bond donors (Lipinski definition) is 0. The number of para-hydroxylation sites is 4. The summed E-state index contributed by atoms with van der Waals surface area (Å²) in [6, 6.07) is 150. The Morgan fingerprint density at radius 1 is 0.238 bits per heavy atom. The second-order valence-corrected chi connectivity index (χ2v) is 27.9. The maximum atomic E-state index is 4.64. The zero-order valence-electron chi connectivity index (χ0n) is 67.6. The Bertz CT molecular complexity index is 5980. The molecule has 0 spiro atoms. The monoisotopic (exact) mass is 1750 g/mol. The number of aryl methyl sites for hydroxylation is 2. The standard InChI is InChI=1S/2C21H15N2.2C17H15N2.C17H12N.C16H11N2.2Rh/c2*1-3-7-17(8-4-1)18-11-13-19(14-12-18)20-15-22-23(16-20)21-9-5-2-6-10-21;2*1-13-17(15-9-5-3-6-10-15)14(2)19(18-13)16-11-7-4-8-12-16;1-3-7-14(8-4-1)16-11-12-18-17(13-16)15-9-5-2-6-10-15;1-2-6-13(7-3-1)14-8-4-9-15(12-14)16-17-10-5-11-18-16;;/h2*1-9,11-16H;2*3-11H,1-2H3;1-9,11-13H;1-8,10-12H;;/q6*-1;2*+3. The van der Waals surface area contributed by atoms with Crippen LogP contribution in [0.1, 0.15) is 22.8 Å². The van der Waals surface area contributed by atoms with Crippen LogP contribution in [-0.2, 0) is 39.0 Å². The molecule has 592 valence electrons. The van der Waals surface area contributed by atoms with E-state index in [9.17, 15) is 0 Å². The fraction of sp³-hybridized carbons (Fsp3) is 0.0367. The van der Waals surface area contributed by atoms with E-state index in [4.69, 9.17) is 0 Å². The van der Waals surface area contributed by atoms with E-state index in [2.05, 4.69) is 281 Å². The summed E-state index contributed by atoms with van der Waals surface area (Å²) in [5, 5.41) is 18.1. The van der Waals surface area contributed by atoms with E-state index < -0.39 is 0 Å². The fourth-order valence-electron chi connectivity index (χ4n) is 13.8. The summed E-state index contributed by atoms with van der Waals surface area (Å²) in [7, 11) is 0. The Hall–Kier alpha value is -14.6. The van der Waals surface area contributed by atoms with Gasteiger partial charge in [0.25, 0.3) is 0 Å². The molecule has 0 amide bonds. The number of nitrogens with zero attached hydrogens (tertiary/aromatic N) is 11. The van der Waals surface area contributed by atoms with Crippen LogP contribution in [0.4, 0.5) is 0 Å². The van der Waals surface area contributed by atoms with Crippen LogP contribution in [0.15, 0.2) is 432 Å². The maximum Gasteiger partial charge on any atom is 3.00 e. The zero-order valence-corrected chi connectivity index (χ0v) is 70.9. The summed E-state index contributed by atoms with van der Waals surface area (Å²) in [6.07, 6.45) is 13.2. The van der Waals surface area contributed by atoms with Gasteiger partial charge in [-0.2, -0.15) is 117 Å². The molecule has 20 aromatic rings. The van der Waals surface area contributed by atoms with E-state index in [0.29, 0.717) is 5.82 Å². The van der Waals surface area contributed by atoms with Crippen molar-refractivity contribution in [1.29, 1.82) is 0 Å². The number of pyridine rings is 1. The van der Waals surface area contributed by atoms with Crippen molar-refractivity contribution in [3.63, 3.8) is 0 Å². The molecule has 0 saturated heterocycles. The number of hydrogen-bond acceptors (Lipinski definition) is 7. The summed E-state index contributed by atoms with van der Waals surface area (Å²) in [4.78, 5) is 12.9. The van der Waals surface area contributed by atoms with Crippen LogP contribution >= 0.6 is 0 Å². The predicted molar refractivity (Wildman–Crippen MR) is 487 cm³/mol. The van der Waals surface area contributed by atoms with Gasteiger partial charge in [0.1, 0.15) is 0 Å². The van der Waals surface area contributed by atoms with E-state index in [1.165, 1.54) is 61.2 Å². The molecule has 122 heavy (non-hydrogen) atoms. The average Bonchev–Trinajstić information content (AvgIpc) is 1.67. The van der Waals surface area contributed by atoms with E-state index in [0.717, 1.165) is 90.2 Å². The van der Waals surface area contributed by atoms with E-state index in [1.807, 2.05) is 256 Å². The smallest absolute Gasteiger partial charge is 0.305 e. The van der Waals surface area contributed by atoms with Crippen molar-refractivity contribution >= 4 is 0 Å². The molecule has 13 heteroatoms. The van der Waals surface area contributed by atoms with Crippen molar-refractivity contribution < 1.29 is 39.0 Å². The van der Waals surface area contributed by atoms with Gasteiger partial charge >= 0.3 is 39.0 Å². The van der Waals surface area contributed by atoms with Crippen molar-refractivity contribution in [3.05, 3.63) is 491 Å². The first-order valence-electron chi connectivity index (χ1n) is 39.6. The molecule has 20 rings (SSSR count). The van der Waals surface area contributed by atoms with Gasteiger partial charge < -0.3 is 4.98 Å². The Morgan fingerprint density at radius 3 is 0.926 bits per heavy atom. The normalized spacial score (nSPS) is 10.3. The third kappa shape index (κ3) is 22.2. The van der Waals surface area contributed by atoms with Gasteiger partial charge in [0.15, 0.2) is 0 Å². The number of benzene rings is 14. The van der Waals surface area contributed by atoms with Crippen molar-refractivity contribution in [2.45, 2.75) is 27.7 Å². The molecular weight excluding hydrogens is 1670 g/mol. The van der Waals surface area contributed by atoms with Crippen molar-refractivity contribution in [2.24, 2.45) is 0 Å². The molecule has 14 aromatic carbocycles. The topological polar surface area (TPSA) is 110 Å². The summed E-state index contributed by atoms with van der Waals surface area (Å²) >= 11 is 0. The molecule has 0 atom stereocenters. The molecule has 0 unspecified atom stereocenters. The molecule has 0 bridgehead atoms. The Labute approximate surface area is 740 Å². The van der Waals surface area contributed by atoms with Gasteiger partial charge in [-0.15, -0.1) is 95.6 Å². The molecule has 0 N–H and O–H groups in total. The van der Waals surface area contributed by atoms with Gasteiger partial charge in [0.2, 0.25) is 0 Å². The largest absolute Gasteiger partial charge is 3.00 e. The van der Waals surface area contributed by atoms with Gasteiger partial charge in [0, 0.05) is 64.6 Å². The van der Waals surface area contributed by atoms with E-state index in [-0.39, 0.29) is 39.0 Å². The quantitative estimate of drug-likeness (QED) is 0.0788. The van der Waals surface area contributed by atoms with Gasteiger partial charge in [-0.25, -0.2) is 0 Å². The molecule has 0 fully saturated rings. The zero-order chi connectivity index (χ0) is 81.9. The van der Waals surface area contributed by atoms with Crippen molar-refractivity contribution in [1.82, 2.24) is 54.1 Å². The minimum Gasteiger partial charge on any atom is -0.305 e. The molecular formula is C109H83N11Rh2. The Morgan fingerprint density at radius 2 is 0.557 bits per heavy atom. The number of aromatic nitrogens is 11. The Balaban J connectivity index is 0.000000126. The van der Waals surface area contributed by atoms with E-state index >= 15 is 0 Å². The maximum absolute atomic E-state index is 4.64. The minimum atomic E-state index is 0. The fourth-order valence-corrected chi connectivity index (χ4v) is 13.8. The summed E-state index contributed by atoms with van der Waals surface area (Å²) in [6.45, 7) is 8.30. The van der Waals surface area contributed by atoms with Gasteiger partial charge in [-0.3, -0.25) is 28.7 Å². The van der Waals surface area contributed by atoms with Crippen LogP contribution in [-0.4, -0.2) is 54.1 Å². The summed E-state index contributed by atoms with van der Waals surface area (Å²) < 4.78 is 7.61. The molecule has 6 heterocycles. The third-order valence-electron chi connectivity index (χ3n) is 19.8. The first-order valence-corrected chi connectivity index (χ1v) is 39.6. The molecule has 11 nitrogen and oxygen atoms in total. The van der Waals surface area contributed by atoms with Crippen molar-refractivity contribution in [2.75, 3.05) is 0 Å². The first-order chi connectivity index (χ1) is 59.2. The van der Waals surface area contributed by atoms with Gasteiger partial charge in [0.05, 0.1) is 29.6 Å². The summed E-state index contributed by atoms with van der Waals surface area (Å²) in [5.74, 6) is 0.704. The van der Waals surface area contributed by atoms with Crippen LogP contribution in [0.5, 0.6) is 0 Å². The van der Waals surface area contributed by atoms with Crippen LogP contribution in [0.25, 0.3) is 134 Å². The molecule has 0 aliphatic carbocycles. The molecule has 0 aliphatic rings. The van der Waals surface area contributed by atoms with Crippen LogP contribution in [0.2, 0.25) is 0 Å². The predicted octanol–water partition coefficient (Wildman–Crippen LogP) is 25.7. The van der Waals surface area contributed by atoms with E-state index in [1.54, 1.807) is 12.4 Å². The number of rotatable bonds is 14. The SMILES string of the molecule is Cc1nn(-c2[c-]cccc2)c(C)c1-c1ccccc1.Cc1nn(-c2[c-]cccc2)c(C)c1-c1ccccc1.[Rh+3].[Rh+3].[c-]1ccc(-c2ccccc2)cc1-c1ncccn1.[c-]1ccccc1-c1cc(-c2ccccc2)ccn1.[c-]1ccccc1-n1cc(-c2ccc(-c3ccccc3)cc2)cn1.[c-]1ccccc1-n1cc(-c2ccc(-c3ccccc3)cc2)cn1. The second-order valence-electron chi connectivity index (χ2n) is 27.9. The third-order valence-corrected chi connectivity index (χ3v) is 19.8. The van der Waals surface area contributed by atoms with Gasteiger partial charge in [-0.1, -0.05) is 237 Å². The van der Waals surface area contributed by atoms with Crippen molar-refractivity contribution in [3.8, 4) is 134 Å². The van der Waals surface area contributed by atoms with Crippen LogP contribution < -0.4 is 0 Å². The minimum absolute atomic E-state index is 0. The molecule has 6 aromatic heterocycles. The molecule has 0 saturated carbocycles. The molecule has 0 aliphatic heterocycles. The molecule has 0 radical (unpaired) electrons. The summed E-state index contributed by atoms with van der Waals surface area (Å²) in [5.41, 5.74) is 30.1. The second kappa shape index (κ2) is 43.2. The van der Waals surface area contributed by atoms with Crippen LogP contribution in [0, 0.1) is 64.1 Å².